The summed E-state index contributed by atoms with van der Waals surface area (Å²) in [7, 11) is -3.28. The third kappa shape index (κ3) is 3.80. The molecular weight excluding hydrogens is 276 g/mol. The van der Waals surface area contributed by atoms with Gasteiger partial charge in [-0.2, -0.15) is 0 Å². The van der Waals surface area contributed by atoms with Crippen molar-refractivity contribution in [3.05, 3.63) is 23.8 Å². The Morgan fingerprint density at radius 2 is 2.10 bits per heavy atom. The molecule has 1 atom stereocenters. The van der Waals surface area contributed by atoms with Crippen molar-refractivity contribution in [2.24, 2.45) is 11.7 Å². The summed E-state index contributed by atoms with van der Waals surface area (Å²) in [5.74, 6) is 0.294. The first-order chi connectivity index (χ1) is 9.27. The first-order valence-corrected chi connectivity index (χ1v) is 8.52. The van der Waals surface area contributed by atoms with Gasteiger partial charge in [0.25, 0.3) is 0 Å². The zero-order valence-electron chi connectivity index (χ0n) is 11.7. The zero-order chi connectivity index (χ0) is 14.9. The summed E-state index contributed by atoms with van der Waals surface area (Å²) in [6.45, 7) is 1.82. The monoisotopic (exact) mass is 296 g/mol. The van der Waals surface area contributed by atoms with Gasteiger partial charge >= 0.3 is 0 Å². The number of benzene rings is 1. The van der Waals surface area contributed by atoms with E-state index in [9.17, 15) is 13.2 Å². The molecule has 110 valence electrons. The van der Waals surface area contributed by atoms with Gasteiger partial charge in [-0.15, -0.1) is 0 Å². The number of rotatable bonds is 5. The van der Waals surface area contributed by atoms with E-state index in [0.29, 0.717) is 11.6 Å². The number of sulfone groups is 1. The first-order valence-electron chi connectivity index (χ1n) is 6.63. The minimum absolute atomic E-state index is 0.103. The van der Waals surface area contributed by atoms with Gasteiger partial charge in [-0.3, -0.25) is 4.79 Å². The molecular formula is C14H20N2O3S. The van der Waals surface area contributed by atoms with Gasteiger partial charge in [-0.05, 0) is 43.4 Å². The summed E-state index contributed by atoms with van der Waals surface area (Å²) >= 11 is 0. The summed E-state index contributed by atoms with van der Waals surface area (Å²) < 4.78 is 23.0. The van der Waals surface area contributed by atoms with Gasteiger partial charge in [0, 0.05) is 24.4 Å². The lowest BCUT2D eigenvalue weighted by molar-refractivity contribution is -0.116. The van der Waals surface area contributed by atoms with Gasteiger partial charge in [0.2, 0.25) is 5.91 Å². The van der Waals surface area contributed by atoms with Crippen molar-refractivity contribution in [3.8, 4) is 0 Å². The van der Waals surface area contributed by atoms with Crippen molar-refractivity contribution in [1.29, 1.82) is 0 Å². The zero-order valence-corrected chi connectivity index (χ0v) is 12.5. The van der Waals surface area contributed by atoms with Crippen LogP contribution in [-0.4, -0.2) is 26.6 Å². The smallest absolute Gasteiger partial charge is 0.225 e. The number of amides is 1. The molecule has 0 aromatic heterocycles. The molecule has 3 N–H and O–H groups in total. The van der Waals surface area contributed by atoms with E-state index in [4.69, 9.17) is 5.73 Å². The van der Waals surface area contributed by atoms with E-state index >= 15 is 0 Å². The Balaban J connectivity index is 2.09. The fraction of sp³-hybridized carbons (Fsp3) is 0.500. The topological polar surface area (TPSA) is 89.3 Å². The molecule has 1 aliphatic rings. The van der Waals surface area contributed by atoms with Crippen LogP contribution in [0.5, 0.6) is 0 Å². The van der Waals surface area contributed by atoms with Gasteiger partial charge in [0.15, 0.2) is 9.84 Å². The van der Waals surface area contributed by atoms with E-state index in [-0.39, 0.29) is 23.3 Å². The predicted octanol–water partition coefficient (Wildman–Crippen LogP) is 1.46. The second-order valence-corrected chi connectivity index (χ2v) is 7.52. The predicted molar refractivity (Wildman–Crippen MR) is 78.2 cm³/mol. The summed E-state index contributed by atoms with van der Waals surface area (Å²) in [6, 6.07) is 4.61. The quantitative estimate of drug-likeness (QED) is 0.861. The minimum atomic E-state index is -3.28. The van der Waals surface area contributed by atoms with Crippen LogP contribution < -0.4 is 11.1 Å². The van der Waals surface area contributed by atoms with Crippen molar-refractivity contribution in [3.63, 3.8) is 0 Å². The fourth-order valence-electron chi connectivity index (χ4n) is 2.07. The number of nitrogens with one attached hydrogen (secondary N) is 1. The van der Waals surface area contributed by atoms with Crippen molar-refractivity contribution in [2.45, 2.75) is 37.1 Å². The van der Waals surface area contributed by atoms with E-state index in [1.165, 1.54) is 12.1 Å². The summed E-state index contributed by atoms with van der Waals surface area (Å²) in [5.41, 5.74) is 7.27. The van der Waals surface area contributed by atoms with Crippen molar-refractivity contribution >= 4 is 21.4 Å². The van der Waals surface area contributed by atoms with Crippen LogP contribution in [0.2, 0.25) is 0 Å². The molecule has 1 aromatic carbocycles. The van der Waals surface area contributed by atoms with E-state index in [2.05, 4.69) is 5.32 Å². The number of anilines is 1. The Kier molecular flexibility index (Phi) is 4.15. The Bertz CT molecular complexity index is 621. The van der Waals surface area contributed by atoms with E-state index < -0.39 is 9.84 Å². The maximum atomic E-state index is 11.9. The third-order valence-corrected chi connectivity index (χ3v) is 4.67. The summed E-state index contributed by atoms with van der Waals surface area (Å²) in [5, 5.41) is 2.75. The molecule has 1 amide bonds. The number of hydrogen-bond donors (Lipinski definition) is 2. The molecule has 1 aromatic rings. The lowest BCUT2D eigenvalue weighted by atomic mass is 10.1. The molecule has 1 unspecified atom stereocenters. The molecule has 0 heterocycles. The van der Waals surface area contributed by atoms with Crippen LogP contribution in [0.15, 0.2) is 23.1 Å². The second-order valence-electron chi connectivity index (χ2n) is 5.50. The van der Waals surface area contributed by atoms with E-state index in [1.54, 1.807) is 6.07 Å². The Morgan fingerprint density at radius 3 is 2.65 bits per heavy atom. The number of hydrogen-bond acceptors (Lipinski definition) is 4. The number of carbonyl (C=O) groups excluding carboxylic acids is 1. The highest BCUT2D eigenvalue weighted by atomic mass is 32.2. The SMILES string of the molecule is Cc1ccc(S(C)(=O)=O)cc1NC(=O)CC(N)C1CC1. The maximum absolute atomic E-state index is 11.9. The normalized spacial score (nSPS) is 16.8. The molecule has 0 bridgehead atoms. The van der Waals surface area contributed by atoms with Crippen LogP contribution in [-0.2, 0) is 14.6 Å². The molecule has 0 spiro atoms. The van der Waals surface area contributed by atoms with Crippen molar-refractivity contribution < 1.29 is 13.2 Å². The largest absolute Gasteiger partial charge is 0.327 e. The van der Waals surface area contributed by atoms with Crippen molar-refractivity contribution in [1.82, 2.24) is 0 Å². The number of nitrogens with two attached hydrogens (primary N) is 1. The summed E-state index contributed by atoms with van der Waals surface area (Å²) in [4.78, 5) is 12.1. The molecule has 2 rings (SSSR count). The fourth-order valence-corrected chi connectivity index (χ4v) is 2.72. The highest BCUT2D eigenvalue weighted by molar-refractivity contribution is 7.90. The average Bonchev–Trinajstić information content (AvgIpc) is 3.14. The molecule has 1 saturated carbocycles. The third-order valence-electron chi connectivity index (χ3n) is 3.56. The van der Waals surface area contributed by atoms with Crippen LogP contribution in [0.25, 0.3) is 0 Å². The molecule has 0 aliphatic heterocycles. The molecule has 0 radical (unpaired) electrons. The molecule has 20 heavy (non-hydrogen) atoms. The van der Waals surface area contributed by atoms with Crippen LogP contribution in [0, 0.1) is 12.8 Å². The number of carbonyl (C=O) groups is 1. The lowest BCUT2D eigenvalue weighted by Gasteiger charge is -2.13. The highest BCUT2D eigenvalue weighted by Gasteiger charge is 2.29. The Hall–Kier alpha value is -1.40. The number of aryl methyl sites for hydroxylation is 1. The average molecular weight is 296 g/mol. The first kappa shape index (κ1) is 15.0. The van der Waals surface area contributed by atoms with E-state index in [0.717, 1.165) is 24.7 Å². The van der Waals surface area contributed by atoms with Crippen LogP contribution >= 0.6 is 0 Å². The van der Waals surface area contributed by atoms with Crippen molar-refractivity contribution in [2.75, 3.05) is 11.6 Å². The standard InChI is InChI=1S/C14H20N2O3S/c1-9-3-6-11(20(2,18)19)7-13(9)16-14(17)8-12(15)10-4-5-10/h3,6-7,10,12H,4-5,8,15H2,1-2H3,(H,16,17). The molecule has 0 saturated heterocycles. The lowest BCUT2D eigenvalue weighted by Crippen LogP contribution is -2.29. The maximum Gasteiger partial charge on any atom is 0.225 e. The summed E-state index contributed by atoms with van der Waals surface area (Å²) in [6.07, 6.45) is 3.60. The van der Waals surface area contributed by atoms with Gasteiger partial charge in [0.05, 0.1) is 4.90 Å². The molecule has 6 heteroatoms. The molecule has 1 fully saturated rings. The van der Waals surface area contributed by atoms with Gasteiger partial charge in [-0.25, -0.2) is 8.42 Å². The van der Waals surface area contributed by atoms with Crippen LogP contribution in [0.3, 0.4) is 0 Å². The second kappa shape index (κ2) is 5.54. The van der Waals surface area contributed by atoms with Gasteiger partial charge in [-0.1, -0.05) is 6.07 Å². The molecule has 1 aliphatic carbocycles. The Morgan fingerprint density at radius 1 is 1.45 bits per heavy atom. The van der Waals surface area contributed by atoms with Gasteiger partial charge in [0.1, 0.15) is 0 Å². The Labute approximate surface area is 119 Å². The minimum Gasteiger partial charge on any atom is -0.327 e. The van der Waals surface area contributed by atoms with E-state index in [1.807, 2.05) is 6.92 Å². The highest BCUT2D eigenvalue weighted by Crippen LogP contribution is 2.33. The van der Waals surface area contributed by atoms with Crippen LogP contribution in [0.1, 0.15) is 24.8 Å². The van der Waals surface area contributed by atoms with Crippen LogP contribution in [0.4, 0.5) is 5.69 Å². The van der Waals surface area contributed by atoms with Gasteiger partial charge < -0.3 is 11.1 Å². The molecule has 5 nitrogen and oxygen atoms in total.